The molecule has 0 aliphatic carbocycles. The predicted molar refractivity (Wildman–Crippen MR) is 88.4 cm³/mol. The molecule has 2 rings (SSSR count). The first-order valence-electron chi connectivity index (χ1n) is 7.90. The zero-order valence-electron chi connectivity index (χ0n) is 13.6. The van der Waals surface area contributed by atoms with Gasteiger partial charge in [0, 0.05) is 25.2 Å². The Bertz CT molecular complexity index is 647. The number of amides is 1. The molecule has 1 aromatic carbocycles. The van der Waals surface area contributed by atoms with E-state index in [1.165, 1.54) is 12.1 Å². The monoisotopic (exact) mass is 332 g/mol. The topological polar surface area (TPSA) is 60.5 Å². The van der Waals surface area contributed by atoms with Crippen molar-refractivity contribution in [3.05, 3.63) is 54.0 Å². The van der Waals surface area contributed by atoms with E-state index >= 15 is 0 Å². The zero-order valence-corrected chi connectivity index (χ0v) is 13.6. The van der Waals surface area contributed by atoms with Gasteiger partial charge in [0.05, 0.1) is 13.2 Å². The van der Waals surface area contributed by atoms with Crippen LogP contribution in [0.3, 0.4) is 0 Å². The number of aromatic nitrogens is 1. The molecule has 1 aromatic heterocycles. The Morgan fingerprint density at radius 3 is 2.75 bits per heavy atom. The fourth-order valence-electron chi connectivity index (χ4n) is 2.03. The van der Waals surface area contributed by atoms with E-state index in [9.17, 15) is 9.18 Å². The van der Waals surface area contributed by atoms with Crippen LogP contribution in [0.5, 0.6) is 11.6 Å². The lowest BCUT2D eigenvalue weighted by molar-refractivity contribution is -0.121. The highest BCUT2D eigenvalue weighted by Crippen LogP contribution is 2.12. The van der Waals surface area contributed by atoms with Gasteiger partial charge in [-0.2, -0.15) is 0 Å². The number of hydrogen-bond acceptors (Lipinski definition) is 4. The van der Waals surface area contributed by atoms with Gasteiger partial charge in [0.2, 0.25) is 11.8 Å². The Balaban J connectivity index is 1.64. The van der Waals surface area contributed by atoms with Gasteiger partial charge >= 0.3 is 0 Å². The van der Waals surface area contributed by atoms with Gasteiger partial charge in [0.1, 0.15) is 11.6 Å². The van der Waals surface area contributed by atoms with Gasteiger partial charge in [0.15, 0.2) is 0 Å². The summed E-state index contributed by atoms with van der Waals surface area (Å²) in [4.78, 5) is 15.9. The molecule has 1 N–H and O–H groups in total. The van der Waals surface area contributed by atoms with Crippen molar-refractivity contribution >= 4 is 5.91 Å². The number of ether oxygens (including phenoxy) is 2. The summed E-state index contributed by atoms with van der Waals surface area (Å²) < 4.78 is 23.5. The van der Waals surface area contributed by atoms with Crippen molar-refractivity contribution in [3.63, 3.8) is 0 Å². The van der Waals surface area contributed by atoms with Crippen LogP contribution in [0.25, 0.3) is 0 Å². The van der Waals surface area contributed by atoms with Gasteiger partial charge in [-0.3, -0.25) is 4.79 Å². The van der Waals surface area contributed by atoms with Crippen LogP contribution in [-0.2, 0) is 11.3 Å². The van der Waals surface area contributed by atoms with Gasteiger partial charge in [0.25, 0.3) is 0 Å². The minimum absolute atomic E-state index is 0.0486. The maximum atomic E-state index is 12.8. The van der Waals surface area contributed by atoms with Gasteiger partial charge < -0.3 is 14.8 Å². The average molecular weight is 332 g/mol. The quantitative estimate of drug-likeness (QED) is 0.717. The van der Waals surface area contributed by atoms with Crippen molar-refractivity contribution in [1.82, 2.24) is 10.3 Å². The molecule has 5 nitrogen and oxygen atoms in total. The molecule has 0 bridgehead atoms. The summed E-state index contributed by atoms with van der Waals surface area (Å²) in [6.07, 6.45) is 2.61. The van der Waals surface area contributed by atoms with Crippen LogP contribution >= 0.6 is 0 Å². The third-order valence-electron chi connectivity index (χ3n) is 3.21. The largest absolute Gasteiger partial charge is 0.494 e. The Morgan fingerprint density at radius 2 is 2.00 bits per heavy atom. The van der Waals surface area contributed by atoms with Crippen molar-refractivity contribution in [2.75, 3.05) is 13.2 Å². The number of carbonyl (C=O) groups is 1. The molecule has 2 aromatic rings. The number of hydrogen-bond donors (Lipinski definition) is 1. The first-order chi connectivity index (χ1) is 11.7. The van der Waals surface area contributed by atoms with Crippen molar-refractivity contribution < 1.29 is 18.7 Å². The van der Waals surface area contributed by atoms with E-state index in [0.29, 0.717) is 44.2 Å². The summed E-state index contributed by atoms with van der Waals surface area (Å²) in [5.74, 6) is 0.798. The second kappa shape index (κ2) is 9.50. The van der Waals surface area contributed by atoms with E-state index in [2.05, 4.69) is 10.3 Å². The molecule has 0 aliphatic rings. The Hall–Kier alpha value is -2.63. The van der Waals surface area contributed by atoms with Crippen LogP contribution in [-0.4, -0.2) is 24.1 Å². The van der Waals surface area contributed by atoms with Crippen LogP contribution in [0.2, 0.25) is 0 Å². The van der Waals surface area contributed by atoms with E-state index in [1.807, 2.05) is 13.0 Å². The summed E-state index contributed by atoms with van der Waals surface area (Å²) in [7, 11) is 0. The van der Waals surface area contributed by atoms with Crippen LogP contribution in [0.1, 0.15) is 25.3 Å². The number of pyridine rings is 1. The van der Waals surface area contributed by atoms with E-state index < -0.39 is 0 Å². The average Bonchev–Trinajstić information content (AvgIpc) is 2.59. The lowest BCUT2D eigenvalue weighted by Gasteiger charge is -2.08. The maximum Gasteiger partial charge on any atom is 0.220 e. The third-order valence-corrected chi connectivity index (χ3v) is 3.21. The summed E-state index contributed by atoms with van der Waals surface area (Å²) in [6, 6.07) is 9.45. The Labute approximate surface area is 140 Å². The Morgan fingerprint density at radius 1 is 1.21 bits per heavy atom. The molecule has 1 amide bonds. The standard InChI is InChI=1S/C18H21FN2O3/c1-2-23-18-12-14(9-10-20-18)13-21-17(22)4-3-11-24-16-7-5-15(19)6-8-16/h5-10,12H,2-4,11,13H2,1H3,(H,21,22). The molecule has 0 saturated heterocycles. The summed E-state index contributed by atoms with van der Waals surface area (Å²) in [5.41, 5.74) is 0.935. The third kappa shape index (κ3) is 6.24. The normalized spacial score (nSPS) is 10.2. The molecular formula is C18H21FN2O3. The highest BCUT2D eigenvalue weighted by atomic mass is 19.1. The molecular weight excluding hydrogens is 311 g/mol. The second-order valence-electron chi connectivity index (χ2n) is 5.12. The molecule has 128 valence electrons. The fraction of sp³-hybridized carbons (Fsp3) is 0.333. The lowest BCUT2D eigenvalue weighted by Crippen LogP contribution is -2.23. The molecule has 0 radical (unpaired) electrons. The number of benzene rings is 1. The number of rotatable bonds is 9. The molecule has 0 spiro atoms. The first-order valence-corrected chi connectivity index (χ1v) is 7.90. The van der Waals surface area contributed by atoms with Crippen LogP contribution in [0, 0.1) is 5.82 Å². The summed E-state index contributed by atoms with van der Waals surface area (Å²) in [5, 5.41) is 2.85. The Kier molecular flexibility index (Phi) is 7.01. The number of halogens is 1. The van der Waals surface area contributed by atoms with Gasteiger partial charge in [-0.05, 0) is 49.2 Å². The fourth-order valence-corrected chi connectivity index (χ4v) is 2.03. The highest BCUT2D eigenvalue weighted by molar-refractivity contribution is 5.75. The lowest BCUT2D eigenvalue weighted by atomic mass is 10.2. The maximum absolute atomic E-state index is 12.8. The number of carbonyl (C=O) groups excluding carboxylic acids is 1. The first kappa shape index (κ1) is 17.7. The van der Waals surface area contributed by atoms with E-state index in [0.717, 1.165) is 5.56 Å². The van der Waals surface area contributed by atoms with E-state index in [4.69, 9.17) is 9.47 Å². The number of nitrogens with one attached hydrogen (secondary N) is 1. The van der Waals surface area contributed by atoms with E-state index in [1.54, 1.807) is 24.4 Å². The minimum Gasteiger partial charge on any atom is -0.494 e. The SMILES string of the molecule is CCOc1cc(CNC(=O)CCCOc2ccc(F)cc2)ccn1. The van der Waals surface area contributed by atoms with Crippen LogP contribution in [0.15, 0.2) is 42.6 Å². The smallest absolute Gasteiger partial charge is 0.220 e. The molecule has 0 saturated carbocycles. The molecule has 0 aliphatic heterocycles. The van der Waals surface area contributed by atoms with Crippen molar-refractivity contribution in [2.45, 2.75) is 26.3 Å². The predicted octanol–water partition coefficient (Wildman–Crippen LogP) is 3.09. The second-order valence-corrected chi connectivity index (χ2v) is 5.12. The van der Waals surface area contributed by atoms with Crippen molar-refractivity contribution in [1.29, 1.82) is 0 Å². The summed E-state index contributed by atoms with van der Waals surface area (Å²) >= 11 is 0. The minimum atomic E-state index is -0.301. The molecule has 1 heterocycles. The molecule has 0 atom stereocenters. The van der Waals surface area contributed by atoms with Crippen molar-refractivity contribution in [3.8, 4) is 11.6 Å². The molecule has 0 unspecified atom stereocenters. The molecule has 24 heavy (non-hydrogen) atoms. The molecule has 0 fully saturated rings. The van der Waals surface area contributed by atoms with Gasteiger partial charge in [-0.25, -0.2) is 9.37 Å². The summed E-state index contributed by atoms with van der Waals surface area (Å²) in [6.45, 7) is 3.28. The zero-order chi connectivity index (χ0) is 17.2. The van der Waals surface area contributed by atoms with Crippen molar-refractivity contribution in [2.24, 2.45) is 0 Å². The van der Waals surface area contributed by atoms with Gasteiger partial charge in [-0.1, -0.05) is 0 Å². The van der Waals surface area contributed by atoms with Crippen LogP contribution < -0.4 is 14.8 Å². The highest BCUT2D eigenvalue weighted by Gasteiger charge is 2.03. The van der Waals surface area contributed by atoms with Crippen LogP contribution in [0.4, 0.5) is 4.39 Å². The molecule has 6 heteroatoms. The van der Waals surface area contributed by atoms with E-state index in [-0.39, 0.29) is 11.7 Å². The van der Waals surface area contributed by atoms with Gasteiger partial charge in [-0.15, -0.1) is 0 Å². The number of nitrogens with zero attached hydrogens (tertiary/aromatic N) is 1.